The Morgan fingerprint density at radius 1 is 1.40 bits per heavy atom. The molecule has 2 unspecified atom stereocenters. The summed E-state index contributed by atoms with van der Waals surface area (Å²) < 4.78 is 7.75. The molecule has 0 saturated heterocycles. The topological polar surface area (TPSA) is 65.1 Å². The van der Waals surface area contributed by atoms with Crippen LogP contribution in [0.5, 0.6) is 0 Å². The molecule has 0 amide bonds. The van der Waals surface area contributed by atoms with Crippen LogP contribution >= 0.6 is 11.6 Å². The van der Waals surface area contributed by atoms with Crippen molar-refractivity contribution < 1.29 is 4.74 Å². The lowest BCUT2D eigenvalue weighted by Gasteiger charge is -2.26. The van der Waals surface area contributed by atoms with E-state index < -0.39 is 0 Å². The van der Waals surface area contributed by atoms with Crippen molar-refractivity contribution >= 4 is 11.6 Å². The first kappa shape index (κ1) is 17.4. The molecule has 20 heavy (non-hydrogen) atoms. The molecule has 2 atom stereocenters. The zero-order chi connectivity index (χ0) is 15.1. The summed E-state index contributed by atoms with van der Waals surface area (Å²) in [6.07, 6.45) is 2.84. The van der Waals surface area contributed by atoms with Gasteiger partial charge in [0, 0.05) is 19.6 Å². The van der Waals surface area contributed by atoms with Crippen LogP contribution in [-0.2, 0) is 17.7 Å². The first-order chi connectivity index (χ1) is 9.58. The maximum absolute atomic E-state index is 6.36. The summed E-state index contributed by atoms with van der Waals surface area (Å²) in [5.74, 6) is 5.73. The molecule has 0 aliphatic heterocycles. The van der Waals surface area contributed by atoms with Crippen LogP contribution in [0.15, 0.2) is 0 Å². The molecule has 1 rings (SSSR count). The van der Waals surface area contributed by atoms with E-state index in [0.717, 1.165) is 35.8 Å². The van der Waals surface area contributed by atoms with Gasteiger partial charge in [-0.2, -0.15) is 5.10 Å². The van der Waals surface area contributed by atoms with Crippen molar-refractivity contribution in [2.75, 3.05) is 6.61 Å². The molecule has 1 aromatic rings. The zero-order valence-corrected chi connectivity index (χ0v) is 13.7. The number of hydrogen-bond acceptors (Lipinski definition) is 4. The van der Waals surface area contributed by atoms with Gasteiger partial charge in [-0.25, -0.2) is 0 Å². The normalized spacial score (nSPS) is 14.5. The van der Waals surface area contributed by atoms with Crippen molar-refractivity contribution in [3.63, 3.8) is 0 Å². The molecule has 6 heteroatoms. The highest BCUT2D eigenvalue weighted by atomic mass is 35.5. The Morgan fingerprint density at radius 3 is 2.60 bits per heavy atom. The van der Waals surface area contributed by atoms with Gasteiger partial charge in [0.2, 0.25) is 0 Å². The van der Waals surface area contributed by atoms with Crippen LogP contribution < -0.4 is 11.3 Å². The molecule has 1 heterocycles. The quantitative estimate of drug-likeness (QED) is 0.543. The predicted octanol–water partition coefficient (Wildman–Crippen LogP) is 2.44. The minimum absolute atomic E-state index is 0.0359. The summed E-state index contributed by atoms with van der Waals surface area (Å²) in [6, 6.07) is 0.0359. The lowest BCUT2D eigenvalue weighted by molar-refractivity contribution is 0.0277. The second kappa shape index (κ2) is 8.62. The Labute approximate surface area is 126 Å². The standard InChI is InChI=1S/C14H27ClN4O/c1-5-8-13(20-7-3)11(17-16)9-12-14(15)10(4)18-19(12)6-2/h11,13,17H,5-9,16H2,1-4H3. The number of nitrogens with two attached hydrogens (primary N) is 1. The van der Waals surface area contributed by atoms with E-state index in [9.17, 15) is 0 Å². The van der Waals surface area contributed by atoms with Crippen molar-refractivity contribution in [3.05, 3.63) is 16.4 Å². The highest BCUT2D eigenvalue weighted by Crippen LogP contribution is 2.23. The minimum Gasteiger partial charge on any atom is -0.377 e. The Hall–Kier alpha value is -0.620. The van der Waals surface area contributed by atoms with Gasteiger partial charge in [0.25, 0.3) is 0 Å². The van der Waals surface area contributed by atoms with Crippen LogP contribution in [0.3, 0.4) is 0 Å². The first-order valence-electron chi connectivity index (χ1n) is 7.38. The summed E-state index contributed by atoms with van der Waals surface area (Å²) >= 11 is 6.36. The van der Waals surface area contributed by atoms with Gasteiger partial charge in [-0.3, -0.25) is 16.0 Å². The molecule has 0 saturated carbocycles. The van der Waals surface area contributed by atoms with Crippen molar-refractivity contribution in [2.45, 2.75) is 65.6 Å². The number of rotatable bonds is 9. The second-order valence-electron chi connectivity index (χ2n) is 4.92. The van der Waals surface area contributed by atoms with E-state index in [1.165, 1.54) is 0 Å². The first-order valence-corrected chi connectivity index (χ1v) is 7.76. The van der Waals surface area contributed by atoms with Gasteiger partial charge in [-0.05, 0) is 27.2 Å². The predicted molar refractivity (Wildman–Crippen MR) is 82.8 cm³/mol. The molecule has 0 radical (unpaired) electrons. The fraction of sp³-hybridized carbons (Fsp3) is 0.786. The van der Waals surface area contributed by atoms with Crippen LogP contribution in [0.4, 0.5) is 0 Å². The largest absolute Gasteiger partial charge is 0.377 e. The van der Waals surface area contributed by atoms with Crippen LogP contribution in [0.2, 0.25) is 5.02 Å². The van der Waals surface area contributed by atoms with E-state index in [0.29, 0.717) is 13.0 Å². The van der Waals surface area contributed by atoms with Crippen LogP contribution in [0, 0.1) is 6.92 Å². The van der Waals surface area contributed by atoms with Gasteiger partial charge in [0.1, 0.15) is 0 Å². The highest BCUT2D eigenvalue weighted by molar-refractivity contribution is 6.31. The summed E-state index contributed by atoms with van der Waals surface area (Å²) in [7, 11) is 0. The van der Waals surface area contributed by atoms with Gasteiger partial charge in [-0.15, -0.1) is 0 Å². The number of hydrogen-bond donors (Lipinski definition) is 2. The smallest absolute Gasteiger partial charge is 0.0847 e. The number of aryl methyl sites for hydroxylation is 2. The van der Waals surface area contributed by atoms with E-state index in [1.54, 1.807) is 0 Å². The third-order valence-corrected chi connectivity index (χ3v) is 3.97. The van der Waals surface area contributed by atoms with E-state index in [2.05, 4.69) is 24.4 Å². The third kappa shape index (κ3) is 4.19. The monoisotopic (exact) mass is 302 g/mol. The van der Waals surface area contributed by atoms with E-state index in [1.807, 2.05) is 18.5 Å². The fourth-order valence-corrected chi connectivity index (χ4v) is 2.68. The Morgan fingerprint density at radius 2 is 2.10 bits per heavy atom. The number of nitrogens with zero attached hydrogens (tertiary/aromatic N) is 2. The Kier molecular flexibility index (Phi) is 7.51. The summed E-state index contributed by atoms with van der Waals surface area (Å²) in [5.41, 5.74) is 4.77. The number of hydrazine groups is 1. The summed E-state index contributed by atoms with van der Waals surface area (Å²) in [4.78, 5) is 0. The molecular formula is C14H27ClN4O. The average molecular weight is 303 g/mol. The molecule has 3 N–H and O–H groups in total. The van der Waals surface area contributed by atoms with Crippen LogP contribution in [-0.4, -0.2) is 28.5 Å². The maximum atomic E-state index is 6.36. The molecule has 0 bridgehead atoms. The zero-order valence-electron chi connectivity index (χ0n) is 12.9. The van der Waals surface area contributed by atoms with Crippen molar-refractivity contribution in [3.8, 4) is 0 Å². The van der Waals surface area contributed by atoms with Gasteiger partial charge >= 0.3 is 0 Å². The van der Waals surface area contributed by atoms with Gasteiger partial charge in [-0.1, -0.05) is 24.9 Å². The molecular weight excluding hydrogens is 276 g/mol. The van der Waals surface area contributed by atoms with Crippen LogP contribution in [0.1, 0.15) is 45.0 Å². The Bertz CT molecular complexity index is 402. The van der Waals surface area contributed by atoms with Crippen molar-refractivity contribution in [1.82, 2.24) is 15.2 Å². The molecule has 0 aromatic carbocycles. The van der Waals surface area contributed by atoms with Gasteiger partial charge in [0.15, 0.2) is 0 Å². The fourth-order valence-electron chi connectivity index (χ4n) is 2.47. The van der Waals surface area contributed by atoms with E-state index >= 15 is 0 Å². The number of aromatic nitrogens is 2. The number of nitrogens with one attached hydrogen (secondary N) is 1. The molecule has 0 aliphatic rings. The lowest BCUT2D eigenvalue weighted by Crippen LogP contribution is -2.47. The highest BCUT2D eigenvalue weighted by Gasteiger charge is 2.24. The van der Waals surface area contributed by atoms with Gasteiger partial charge in [0.05, 0.1) is 28.6 Å². The maximum Gasteiger partial charge on any atom is 0.0847 e. The lowest BCUT2D eigenvalue weighted by atomic mass is 10.0. The molecule has 116 valence electrons. The van der Waals surface area contributed by atoms with Gasteiger partial charge < -0.3 is 4.74 Å². The molecule has 0 spiro atoms. The second-order valence-corrected chi connectivity index (χ2v) is 5.30. The van der Waals surface area contributed by atoms with Crippen molar-refractivity contribution in [2.24, 2.45) is 5.84 Å². The molecule has 1 aromatic heterocycles. The van der Waals surface area contributed by atoms with E-state index in [4.69, 9.17) is 22.2 Å². The van der Waals surface area contributed by atoms with Crippen LogP contribution in [0.25, 0.3) is 0 Å². The minimum atomic E-state index is 0.0359. The number of halogens is 1. The molecule has 5 nitrogen and oxygen atoms in total. The summed E-state index contributed by atoms with van der Waals surface area (Å²) in [6.45, 7) is 9.62. The molecule has 0 fully saturated rings. The van der Waals surface area contributed by atoms with Crippen molar-refractivity contribution in [1.29, 1.82) is 0 Å². The number of ether oxygens (including phenoxy) is 1. The third-order valence-electron chi connectivity index (χ3n) is 3.48. The Balaban J connectivity index is 2.91. The van der Waals surface area contributed by atoms with E-state index in [-0.39, 0.29) is 12.1 Å². The SMILES string of the molecule is CCCC(OCC)C(Cc1c(Cl)c(C)nn1CC)NN. The summed E-state index contributed by atoms with van der Waals surface area (Å²) in [5, 5.41) is 5.18. The average Bonchev–Trinajstić information content (AvgIpc) is 2.71. The molecule has 0 aliphatic carbocycles.